The molecule has 0 aromatic carbocycles. The highest BCUT2D eigenvalue weighted by atomic mass is 16.4. The van der Waals surface area contributed by atoms with Crippen molar-refractivity contribution in [3.63, 3.8) is 0 Å². The average molecular weight is 273 g/mol. The highest BCUT2D eigenvalue weighted by Crippen LogP contribution is 2.00. The van der Waals surface area contributed by atoms with Crippen LogP contribution in [0.15, 0.2) is 0 Å². The van der Waals surface area contributed by atoms with Gasteiger partial charge in [0.2, 0.25) is 0 Å². The number of carboxylic acid groups (broad SMARTS) is 1. The summed E-state index contributed by atoms with van der Waals surface area (Å²) in [5.41, 5.74) is 0. The highest BCUT2D eigenvalue weighted by Gasteiger charge is 2.18. The molecular weight excluding hydrogens is 246 g/mol. The maximum atomic E-state index is 11.5. The topological polar surface area (TPSA) is 81.7 Å². The Morgan fingerprint density at radius 1 is 1.21 bits per heavy atom. The summed E-state index contributed by atoms with van der Waals surface area (Å²) in [5, 5.41) is 14.1. The lowest BCUT2D eigenvalue weighted by Crippen LogP contribution is -2.46. The summed E-state index contributed by atoms with van der Waals surface area (Å²) in [6.45, 7) is 3.54. The van der Waals surface area contributed by atoms with E-state index in [2.05, 4.69) is 15.5 Å². The fourth-order valence-corrected chi connectivity index (χ4v) is 1.63. The van der Waals surface area contributed by atoms with Crippen molar-refractivity contribution in [1.29, 1.82) is 0 Å². The first-order chi connectivity index (χ1) is 8.97. The van der Waals surface area contributed by atoms with Gasteiger partial charge in [0.05, 0.1) is 0 Å². The van der Waals surface area contributed by atoms with Crippen LogP contribution in [0.2, 0.25) is 0 Å². The number of amides is 2. The van der Waals surface area contributed by atoms with E-state index in [0.29, 0.717) is 13.0 Å². The summed E-state index contributed by atoms with van der Waals surface area (Å²) >= 11 is 0. The average Bonchev–Trinajstić information content (AvgIpc) is 2.33. The quantitative estimate of drug-likeness (QED) is 0.524. The number of carboxylic acids is 1. The maximum absolute atomic E-state index is 11.5. The molecule has 0 saturated carbocycles. The number of nitrogens with zero attached hydrogens (tertiary/aromatic N) is 1. The highest BCUT2D eigenvalue weighted by molar-refractivity contribution is 5.82. The first-order valence-corrected chi connectivity index (χ1v) is 6.89. The summed E-state index contributed by atoms with van der Waals surface area (Å²) < 4.78 is 0. The molecule has 3 N–H and O–H groups in total. The van der Waals surface area contributed by atoms with Gasteiger partial charge in [-0.3, -0.25) is 0 Å². The molecule has 112 valence electrons. The third kappa shape index (κ3) is 10.3. The smallest absolute Gasteiger partial charge is 0.326 e. The third-order valence-corrected chi connectivity index (χ3v) is 2.77. The van der Waals surface area contributed by atoms with E-state index in [1.165, 1.54) is 0 Å². The zero-order valence-electron chi connectivity index (χ0n) is 12.2. The predicted molar refractivity (Wildman–Crippen MR) is 75.3 cm³/mol. The lowest BCUT2D eigenvalue weighted by molar-refractivity contribution is -0.139. The van der Waals surface area contributed by atoms with E-state index >= 15 is 0 Å². The monoisotopic (exact) mass is 273 g/mol. The number of rotatable bonds is 10. The zero-order chi connectivity index (χ0) is 14.7. The van der Waals surface area contributed by atoms with Crippen LogP contribution in [-0.4, -0.2) is 55.2 Å². The van der Waals surface area contributed by atoms with E-state index < -0.39 is 18.0 Å². The van der Waals surface area contributed by atoms with Crippen LogP contribution < -0.4 is 10.6 Å². The first-order valence-electron chi connectivity index (χ1n) is 6.89. The van der Waals surface area contributed by atoms with Crippen molar-refractivity contribution in [2.24, 2.45) is 0 Å². The van der Waals surface area contributed by atoms with Gasteiger partial charge in [-0.25, -0.2) is 9.59 Å². The van der Waals surface area contributed by atoms with E-state index in [-0.39, 0.29) is 0 Å². The van der Waals surface area contributed by atoms with Crippen LogP contribution in [0.3, 0.4) is 0 Å². The molecular formula is C13H27N3O3. The fraction of sp³-hybridized carbons (Fsp3) is 0.846. The van der Waals surface area contributed by atoms with Gasteiger partial charge < -0.3 is 20.6 Å². The molecule has 2 amide bonds. The third-order valence-electron chi connectivity index (χ3n) is 2.77. The molecule has 0 bridgehead atoms. The summed E-state index contributed by atoms with van der Waals surface area (Å²) in [7, 11) is 4.01. The molecule has 0 aliphatic rings. The molecule has 0 aliphatic carbocycles. The van der Waals surface area contributed by atoms with Gasteiger partial charge in [-0.15, -0.1) is 0 Å². The Morgan fingerprint density at radius 2 is 1.89 bits per heavy atom. The van der Waals surface area contributed by atoms with E-state index in [9.17, 15) is 9.59 Å². The standard InChI is InChI=1S/C13H27N3O3/c1-4-5-8-11(12(17)18)15-13(19)14-9-6-7-10-16(2)3/h11H,4-10H2,1-3H3,(H,17,18)(H2,14,15,19)/t11-/m0/s1. The second-order valence-electron chi connectivity index (χ2n) is 4.94. The van der Waals surface area contributed by atoms with Gasteiger partial charge in [-0.05, 0) is 39.9 Å². The Balaban J connectivity index is 3.77. The number of nitrogens with one attached hydrogen (secondary N) is 2. The van der Waals surface area contributed by atoms with E-state index in [1.54, 1.807) is 0 Å². The molecule has 1 atom stereocenters. The SMILES string of the molecule is CCCC[C@H](NC(=O)NCCCCN(C)C)C(=O)O. The fourth-order valence-electron chi connectivity index (χ4n) is 1.63. The van der Waals surface area contributed by atoms with Gasteiger partial charge in [-0.2, -0.15) is 0 Å². The van der Waals surface area contributed by atoms with Gasteiger partial charge in [0, 0.05) is 6.54 Å². The molecule has 0 aromatic rings. The summed E-state index contributed by atoms with van der Waals surface area (Å²) in [6, 6.07) is -1.19. The van der Waals surface area contributed by atoms with Crippen LogP contribution in [0, 0.1) is 0 Å². The molecule has 19 heavy (non-hydrogen) atoms. The number of urea groups is 1. The van der Waals surface area contributed by atoms with Crippen LogP contribution in [-0.2, 0) is 4.79 Å². The lowest BCUT2D eigenvalue weighted by atomic mass is 10.1. The molecule has 6 nitrogen and oxygen atoms in total. The molecule has 0 saturated heterocycles. The Morgan fingerprint density at radius 3 is 2.42 bits per heavy atom. The minimum Gasteiger partial charge on any atom is -0.480 e. The van der Waals surface area contributed by atoms with Crippen LogP contribution in [0.25, 0.3) is 0 Å². The van der Waals surface area contributed by atoms with Crippen LogP contribution >= 0.6 is 0 Å². The molecule has 0 fully saturated rings. The number of hydrogen-bond donors (Lipinski definition) is 3. The number of hydrogen-bond acceptors (Lipinski definition) is 3. The van der Waals surface area contributed by atoms with Gasteiger partial charge in [0.15, 0.2) is 0 Å². The first kappa shape index (κ1) is 17.7. The number of aliphatic carboxylic acids is 1. The Hall–Kier alpha value is -1.30. The van der Waals surface area contributed by atoms with Crippen LogP contribution in [0.4, 0.5) is 4.79 Å². The van der Waals surface area contributed by atoms with Crippen molar-refractivity contribution in [3.05, 3.63) is 0 Å². The Bertz CT molecular complexity index is 270. The summed E-state index contributed by atoms with van der Waals surface area (Å²) in [4.78, 5) is 24.6. The zero-order valence-corrected chi connectivity index (χ0v) is 12.2. The lowest BCUT2D eigenvalue weighted by Gasteiger charge is -2.15. The van der Waals surface area contributed by atoms with Crippen molar-refractivity contribution in [1.82, 2.24) is 15.5 Å². The summed E-state index contributed by atoms with van der Waals surface area (Å²) in [5.74, 6) is -0.976. The van der Waals surface area contributed by atoms with Crippen molar-refractivity contribution < 1.29 is 14.7 Å². The maximum Gasteiger partial charge on any atom is 0.326 e. The normalized spacial score (nSPS) is 12.2. The van der Waals surface area contributed by atoms with Gasteiger partial charge in [0.1, 0.15) is 6.04 Å². The Labute approximate surface area is 115 Å². The number of carbonyl (C=O) groups is 2. The largest absolute Gasteiger partial charge is 0.480 e. The van der Waals surface area contributed by atoms with Gasteiger partial charge in [-0.1, -0.05) is 19.8 Å². The summed E-state index contributed by atoms with van der Waals surface area (Å²) in [6.07, 6.45) is 4.07. The van der Waals surface area contributed by atoms with Crippen LogP contribution in [0.1, 0.15) is 39.0 Å². The van der Waals surface area contributed by atoms with Crippen LogP contribution in [0.5, 0.6) is 0 Å². The molecule has 0 radical (unpaired) electrons. The van der Waals surface area contributed by atoms with Gasteiger partial charge >= 0.3 is 12.0 Å². The number of unbranched alkanes of at least 4 members (excludes halogenated alkanes) is 2. The molecule has 0 unspecified atom stereocenters. The minimum absolute atomic E-state index is 0.395. The minimum atomic E-state index is -0.976. The van der Waals surface area contributed by atoms with Crippen molar-refractivity contribution in [2.45, 2.75) is 45.1 Å². The molecule has 0 rings (SSSR count). The number of carbonyl (C=O) groups excluding carboxylic acids is 1. The van der Waals surface area contributed by atoms with Crippen molar-refractivity contribution in [2.75, 3.05) is 27.2 Å². The van der Waals surface area contributed by atoms with Gasteiger partial charge in [0.25, 0.3) is 0 Å². The van der Waals surface area contributed by atoms with E-state index in [4.69, 9.17) is 5.11 Å². The predicted octanol–water partition coefficient (Wildman–Crippen LogP) is 1.27. The molecule has 6 heteroatoms. The Kier molecular flexibility index (Phi) is 9.88. The molecule has 0 aliphatic heterocycles. The van der Waals surface area contributed by atoms with E-state index in [0.717, 1.165) is 32.2 Å². The second kappa shape index (κ2) is 10.6. The molecule has 0 spiro atoms. The van der Waals surface area contributed by atoms with Crippen molar-refractivity contribution in [3.8, 4) is 0 Å². The second-order valence-corrected chi connectivity index (χ2v) is 4.94. The molecule has 0 aromatic heterocycles. The van der Waals surface area contributed by atoms with Crippen molar-refractivity contribution >= 4 is 12.0 Å². The molecule has 0 heterocycles. The van der Waals surface area contributed by atoms with E-state index in [1.807, 2.05) is 21.0 Å².